The second-order valence-corrected chi connectivity index (χ2v) is 5.04. The number of carbonyl (C=O) groups excluding carboxylic acids is 1. The molecule has 116 valence electrons. The highest BCUT2D eigenvalue weighted by molar-refractivity contribution is 5.96. The maximum Gasteiger partial charge on any atom is 0.303 e. The zero-order chi connectivity index (χ0) is 15.5. The lowest BCUT2D eigenvalue weighted by Gasteiger charge is -2.06. The summed E-state index contributed by atoms with van der Waals surface area (Å²) in [6, 6.07) is 6.47. The molecule has 0 aliphatic rings. The molecule has 0 saturated heterocycles. The Morgan fingerprint density at radius 3 is 2.24 bits per heavy atom. The van der Waals surface area contributed by atoms with Crippen molar-refractivity contribution >= 4 is 11.9 Å². The smallest absolute Gasteiger partial charge is 0.303 e. The van der Waals surface area contributed by atoms with E-state index in [4.69, 9.17) is 5.11 Å². The monoisotopic (exact) mass is 293 g/mol. The largest absolute Gasteiger partial charge is 0.507 e. The van der Waals surface area contributed by atoms with Gasteiger partial charge >= 0.3 is 5.97 Å². The molecule has 0 aliphatic carbocycles. The maximum atomic E-state index is 11.8. The van der Waals surface area contributed by atoms with E-state index in [-0.39, 0.29) is 18.1 Å². The van der Waals surface area contributed by atoms with Crippen molar-refractivity contribution in [1.29, 1.82) is 0 Å². The Labute approximate surface area is 125 Å². The number of aliphatic carboxylic acids is 1. The van der Waals surface area contributed by atoms with Gasteiger partial charge < -0.3 is 15.5 Å². The Balaban J connectivity index is 2.03. The lowest BCUT2D eigenvalue weighted by molar-refractivity contribution is -0.137. The van der Waals surface area contributed by atoms with Crippen LogP contribution in [0.3, 0.4) is 0 Å². The lowest BCUT2D eigenvalue weighted by atomic mass is 10.1. The van der Waals surface area contributed by atoms with Crippen LogP contribution in [0.4, 0.5) is 0 Å². The number of amides is 1. The van der Waals surface area contributed by atoms with Crippen molar-refractivity contribution in [1.82, 2.24) is 5.32 Å². The van der Waals surface area contributed by atoms with E-state index in [1.165, 1.54) is 6.07 Å². The van der Waals surface area contributed by atoms with Gasteiger partial charge in [-0.05, 0) is 25.0 Å². The Morgan fingerprint density at radius 1 is 0.952 bits per heavy atom. The molecule has 1 aromatic rings. The van der Waals surface area contributed by atoms with E-state index in [0.29, 0.717) is 12.1 Å². The average Bonchev–Trinajstić information content (AvgIpc) is 2.45. The van der Waals surface area contributed by atoms with Gasteiger partial charge in [-0.2, -0.15) is 0 Å². The summed E-state index contributed by atoms with van der Waals surface area (Å²) in [6.45, 7) is 0.586. The number of benzene rings is 1. The first kappa shape index (κ1) is 17.0. The third-order valence-electron chi connectivity index (χ3n) is 3.25. The molecule has 0 aliphatic heterocycles. The summed E-state index contributed by atoms with van der Waals surface area (Å²) in [5, 5.41) is 20.8. The van der Waals surface area contributed by atoms with Gasteiger partial charge in [0, 0.05) is 13.0 Å². The lowest BCUT2D eigenvalue weighted by Crippen LogP contribution is -2.24. The molecule has 21 heavy (non-hydrogen) atoms. The van der Waals surface area contributed by atoms with Crippen molar-refractivity contribution < 1.29 is 19.8 Å². The van der Waals surface area contributed by atoms with Gasteiger partial charge in [-0.1, -0.05) is 37.8 Å². The maximum absolute atomic E-state index is 11.8. The molecule has 0 heterocycles. The van der Waals surface area contributed by atoms with Crippen LogP contribution >= 0.6 is 0 Å². The van der Waals surface area contributed by atoms with E-state index in [9.17, 15) is 14.7 Å². The number of phenols is 1. The van der Waals surface area contributed by atoms with Gasteiger partial charge in [0.05, 0.1) is 5.56 Å². The number of phenolic OH excluding ortho intramolecular Hbond substituents is 1. The van der Waals surface area contributed by atoms with E-state index in [0.717, 1.165) is 38.5 Å². The second kappa shape index (κ2) is 9.80. The Morgan fingerprint density at radius 2 is 1.57 bits per heavy atom. The highest BCUT2D eigenvalue weighted by Crippen LogP contribution is 2.15. The van der Waals surface area contributed by atoms with Crippen molar-refractivity contribution in [3.05, 3.63) is 29.8 Å². The summed E-state index contributed by atoms with van der Waals surface area (Å²) >= 11 is 0. The predicted molar refractivity (Wildman–Crippen MR) is 80.4 cm³/mol. The number of hydrogen-bond acceptors (Lipinski definition) is 3. The molecule has 0 bridgehead atoms. The normalized spacial score (nSPS) is 10.3. The van der Waals surface area contributed by atoms with Crippen molar-refractivity contribution in [2.24, 2.45) is 0 Å². The molecule has 3 N–H and O–H groups in total. The van der Waals surface area contributed by atoms with Crippen LogP contribution < -0.4 is 5.32 Å². The Hall–Kier alpha value is -2.04. The summed E-state index contributed by atoms with van der Waals surface area (Å²) in [6.07, 6.45) is 5.89. The number of aromatic hydroxyl groups is 1. The van der Waals surface area contributed by atoms with Crippen LogP contribution in [0.2, 0.25) is 0 Å². The molecule has 5 nitrogen and oxygen atoms in total. The van der Waals surface area contributed by atoms with Gasteiger partial charge in [-0.15, -0.1) is 0 Å². The number of rotatable bonds is 10. The first-order chi connectivity index (χ1) is 10.1. The second-order valence-electron chi connectivity index (χ2n) is 5.04. The number of carboxylic acid groups (broad SMARTS) is 1. The van der Waals surface area contributed by atoms with Crippen LogP contribution in [0, 0.1) is 0 Å². The van der Waals surface area contributed by atoms with E-state index < -0.39 is 5.97 Å². The zero-order valence-corrected chi connectivity index (χ0v) is 12.2. The average molecular weight is 293 g/mol. The summed E-state index contributed by atoms with van der Waals surface area (Å²) in [4.78, 5) is 22.1. The fraction of sp³-hybridized carbons (Fsp3) is 0.500. The van der Waals surface area contributed by atoms with Crippen LogP contribution in [0.5, 0.6) is 5.75 Å². The van der Waals surface area contributed by atoms with Crippen molar-refractivity contribution in [2.45, 2.75) is 44.9 Å². The van der Waals surface area contributed by atoms with Gasteiger partial charge in [0.25, 0.3) is 5.91 Å². The number of hydrogen-bond donors (Lipinski definition) is 3. The van der Waals surface area contributed by atoms with E-state index in [2.05, 4.69) is 5.32 Å². The Bertz CT molecular complexity index is 459. The van der Waals surface area contributed by atoms with E-state index in [1.807, 2.05) is 0 Å². The molecule has 1 aromatic carbocycles. The van der Waals surface area contributed by atoms with Crippen LogP contribution in [0.15, 0.2) is 24.3 Å². The van der Waals surface area contributed by atoms with Gasteiger partial charge in [0.2, 0.25) is 0 Å². The Kier molecular flexibility index (Phi) is 7.94. The molecule has 0 radical (unpaired) electrons. The molecule has 0 fully saturated rings. The molecular weight excluding hydrogens is 270 g/mol. The number of carbonyl (C=O) groups is 2. The first-order valence-electron chi connectivity index (χ1n) is 7.39. The molecule has 0 unspecified atom stereocenters. The molecule has 0 spiro atoms. The number of unbranched alkanes of at least 4 members (excludes halogenated alkanes) is 5. The molecule has 1 rings (SSSR count). The first-order valence-corrected chi connectivity index (χ1v) is 7.39. The minimum atomic E-state index is -0.734. The third kappa shape index (κ3) is 7.34. The molecule has 5 heteroatoms. The van der Waals surface area contributed by atoms with Crippen LogP contribution in [0.25, 0.3) is 0 Å². The van der Waals surface area contributed by atoms with E-state index >= 15 is 0 Å². The van der Waals surface area contributed by atoms with Gasteiger partial charge in [-0.3, -0.25) is 9.59 Å². The predicted octanol–water partition coefficient (Wildman–Crippen LogP) is 2.94. The highest BCUT2D eigenvalue weighted by Gasteiger charge is 2.08. The molecule has 0 aromatic heterocycles. The fourth-order valence-electron chi connectivity index (χ4n) is 2.07. The fourth-order valence-corrected chi connectivity index (χ4v) is 2.07. The standard InChI is InChI=1S/C16H23NO4/c18-14-10-7-6-9-13(14)16(21)17-12-8-4-2-1-3-5-11-15(19)20/h6-7,9-10,18H,1-5,8,11-12H2,(H,17,21)(H,19,20). The van der Waals surface area contributed by atoms with Crippen LogP contribution in [0.1, 0.15) is 55.3 Å². The summed E-state index contributed by atoms with van der Waals surface area (Å²) in [7, 11) is 0. The van der Waals surface area contributed by atoms with Gasteiger partial charge in [0.1, 0.15) is 5.75 Å². The van der Waals surface area contributed by atoms with Crippen molar-refractivity contribution in [3.8, 4) is 5.75 Å². The number of para-hydroxylation sites is 1. The quantitative estimate of drug-likeness (QED) is 0.579. The van der Waals surface area contributed by atoms with Crippen molar-refractivity contribution in [2.75, 3.05) is 6.54 Å². The summed E-state index contributed by atoms with van der Waals surface area (Å²) in [5.41, 5.74) is 0.297. The SMILES string of the molecule is O=C(O)CCCCCCCCNC(=O)c1ccccc1O. The molecule has 0 saturated carbocycles. The highest BCUT2D eigenvalue weighted by atomic mass is 16.4. The summed E-state index contributed by atoms with van der Waals surface area (Å²) in [5.74, 6) is -0.995. The van der Waals surface area contributed by atoms with Crippen LogP contribution in [-0.4, -0.2) is 28.6 Å². The molecule has 1 amide bonds. The zero-order valence-electron chi connectivity index (χ0n) is 12.2. The van der Waals surface area contributed by atoms with Crippen molar-refractivity contribution in [3.63, 3.8) is 0 Å². The molecule has 0 atom stereocenters. The molecular formula is C16H23NO4. The van der Waals surface area contributed by atoms with Gasteiger partial charge in [-0.25, -0.2) is 0 Å². The minimum absolute atomic E-state index is 0.00608. The van der Waals surface area contributed by atoms with E-state index in [1.54, 1.807) is 18.2 Å². The topological polar surface area (TPSA) is 86.6 Å². The van der Waals surface area contributed by atoms with Gasteiger partial charge in [0.15, 0.2) is 0 Å². The summed E-state index contributed by atoms with van der Waals surface area (Å²) < 4.78 is 0. The third-order valence-corrected chi connectivity index (χ3v) is 3.25. The van der Waals surface area contributed by atoms with Crippen LogP contribution in [-0.2, 0) is 4.79 Å². The number of carboxylic acids is 1. The minimum Gasteiger partial charge on any atom is -0.507 e. The number of nitrogens with one attached hydrogen (secondary N) is 1.